The van der Waals surface area contributed by atoms with Crippen molar-refractivity contribution in [1.82, 2.24) is 15.1 Å². The molecule has 1 aromatic heterocycles. The van der Waals surface area contributed by atoms with E-state index in [1.165, 1.54) is 18.9 Å². The van der Waals surface area contributed by atoms with Crippen molar-refractivity contribution in [2.45, 2.75) is 38.6 Å². The molecule has 0 unspecified atom stereocenters. The highest BCUT2D eigenvalue weighted by atomic mass is 16.3. The lowest BCUT2D eigenvalue weighted by Crippen LogP contribution is -2.42. The molecule has 3 amide bonds. The molecule has 2 saturated heterocycles. The van der Waals surface area contributed by atoms with Crippen molar-refractivity contribution in [3.63, 3.8) is 0 Å². The lowest BCUT2D eigenvalue weighted by molar-refractivity contribution is -0.126. The minimum absolute atomic E-state index is 0.00294. The number of hydrogen-bond acceptors (Lipinski definition) is 4. The van der Waals surface area contributed by atoms with Crippen molar-refractivity contribution >= 4 is 17.7 Å². The van der Waals surface area contributed by atoms with Crippen LogP contribution in [0.5, 0.6) is 0 Å². The van der Waals surface area contributed by atoms with Crippen LogP contribution < -0.4 is 5.32 Å². The van der Waals surface area contributed by atoms with Gasteiger partial charge in [-0.3, -0.25) is 14.4 Å². The van der Waals surface area contributed by atoms with Gasteiger partial charge in [-0.05, 0) is 55.9 Å². The molecule has 2 fully saturated rings. The lowest BCUT2D eigenvalue weighted by Gasteiger charge is -2.31. The van der Waals surface area contributed by atoms with Gasteiger partial charge in [0.05, 0.1) is 11.8 Å². The van der Waals surface area contributed by atoms with Crippen LogP contribution in [0.3, 0.4) is 0 Å². The maximum absolute atomic E-state index is 12.7. The van der Waals surface area contributed by atoms with Crippen LogP contribution in [-0.4, -0.2) is 53.7 Å². The van der Waals surface area contributed by atoms with Gasteiger partial charge >= 0.3 is 0 Å². The SMILES string of the molecule is O=C(NCc1cccc(C(=O)N2CCCCC2)c1)C1CCN(C(=O)c2ccoc2)CC1. The minimum atomic E-state index is -0.105. The van der Waals surface area contributed by atoms with Gasteiger partial charge in [-0.1, -0.05) is 12.1 Å². The molecule has 0 radical (unpaired) electrons. The molecule has 0 aliphatic carbocycles. The van der Waals surface area contributed by atoms with E-state index in [2.05, 4.69) is 5.32 Å². The Morgan fingerprint density at radius 3 is 2.32 bits per heavy atom. The van der Waals surface area contributed by atoms with E-state index >= 15 is 0 Å². The quantitative estimate of drug-likeness (QED) is 0.801. The molecule has 2 aliphatic rings. The van der Waals surface area contributed by atoms with Crippen LogP contribution in [0, 0.1) is 5.92 Å². The zero-order chi connectivity index (χ0) is 21.6. The molecule has 2 aromatic rings. The number of amides is 3. The Morgan fingerprint density at radius 2 is 1.61 bits per heavy atom. The van der Waals surface area contributed by atoms with Crippen LogP contribution in [0.2, 0.25) is 0 Å². The number of likely N-dealkylation sites (tertiary alicyclic amines) is 2. The van der Waals surface area contributed by atoms with E-state index in [-0.39, 0.29) is 23.6 Å². The number of nitrogens with zero attached hydrogens (tertiary/aromatic N) is 2. The molecular weight excluding hydrogens is 394 g/mol. The molecule has 1 N–H and O–H groups in total. The molecule has 0 bridgehead atoms. The van der Waals surface area contributed by atoms with Crippen molar-refractivity contribution in [1.29, 1.82) is 0 Å². The van der Waals surface area contributed by atoms with Crippen LogP contribution in [0.4, 0.5) is 0 Å². The second-order valence-corrected chi connectivity index (χ2v) is 8.35. The molecule has 4 rings (SSSR count). The highest BCUT2D eigenvalue weighted by Gasteiger charge is 2.28. The Bertz CT molecular complexity index is 911. The van der Waals surface area contributed by atoms with Crippen molar-refractivity contribution in [3.8, 4) is 0 Å². The summed E-state index contributed by atoms with van der Waals surface area (Å²) in [6.45, 7) is 3.15. The van der Waals surface area contributed by atoms with Gasteiger partial charge in [-0.2, -0.15) is 0 Å². The summed E-state index contributed by atoms with van der Waals surface area (Å²) in [5.74, 6) is -0.0833. The van der Waals surface area contributed by atoms with Gasteiger partial charge in [-0.25, -0.2) is 0 Å². The summed E-state index contributed by atoms with van der Waals surface area (Å²) < 4.78 is 4.98. The van der Waals surface area contributed by atoms with E-state index in [0.29, 0.717) is 43.6 Å². The number of piperidine rings is 2. The van der Waals surface area contributed by atoms with Crippen LogP contribution in [0.25, 0.3) is 0 Å². The van der Waals surface area contributed by atoms with Gasteiger partial charge in [0.2, 0.25) is 5.91 Å². The van der Waals surface area contributed by atoms with Gasteiger partial charge in [0.15, 0.2) is 0 Å². The monoisotopic (exact) mass is 423 g/mol. The van der Waals surface area contributed by atoms with E-state index in [1.807, 2.05) is 29.2 Å². The molecule has 0 atom stereocenters. The topological polar surface area (TPSA) is 82.9 Å². The summed E-state index contributed by atoms with van der Waals surface area (Å²) in [6, 6.07) is 9.18. The second-order valence-electron chi connectivity index (χ2n) is 8.35. The number of furan rings is 1. The van der Waals surface area contributed by atoms with Crippen LogP contribution in [-0.2, 0) is 11.3 Å². The number of hydrogen-bond donors (Lipinski definition) is 1. The first-order valence-corrected chi connectivity index (χ1v) is 11.1. The Balaban J connectivity index is 1.26. The molecule has 2 aliphatic heterocycles. The molecule has 1 aromatic carbocycles. The smallest absolute Gasteiger partial charge is 0.257 e. The molecule has 7 nitrogen and oxygen atoms in total. The first kappa shape index (κ1) is 21.2. The number of carbonyl (C=O) groups excluding carboxylic acids is 3. The summed E-state index contributed by atoms with van der Waals surface area (Å²) in [5, 5.41) is 3.00. The van der Waals surface area contributed by atoms with Gasteiger partial charge < -0.3 is 19.5 Å². The van der Waals surface area contributed by atoms with Crippen molar-refractivity contribution in [3.05, 3.63) is 59.5 Å². The third-order valence-corrected chi connectivity index (χ3v) is 6.21. The largest absolute Gasteiger partial charge is 0.472 e. The molecule has 7 heteroatoms. The Morgan fingerprint density at radius 1 is 0.903 bits per heavy atom. The molecule has 164 valence electrons. The normalized spacial score (nSPS) is 17.4. The van der Waals surface area contributed by atoms with E-state index < -0.39 is 0 Å². The van der Waals surface area contributed by atoms with E-state index in [4.69, 9.17) is 4.42 Å². The maximum Gasteiger partial charge on any atom is 0.257 e. The summed E-state index contributed by atoms with van der Waals surface area (Å²) >= 11 is 0. The third kappa shape index (κ3) is 5.16. The summed E-state index contributed by atoms with van der Waals surface area (Å²) in [5.41, 5.74) is 2.14. The Labute approximate surface area is 182 Å². The average Bonchev–Trinajstić information content (AvgIpc) is 3.37. The van der Waals surface area contributed by atoms with E-state index in [0.717, 1.165) is 31.5 Å². The van der Waals surface area contributed by atoms with E-state index in [1.54, 1.807) is 11.0 Å². The molecular formula is C24H29N3O4. The average molecular weight is 424 g/mol. The minimum Gasteiger partial charge on any atom is -0.472 e. The zero-order valence-electron chi connectivity index (χ0n) is 17.7. The first-order valence-electron chi connectivity index (χ1n) is 11.1. The molecule has 31 heavy (non-hydrogen) atoms. The van der Waals surface area contributed by atoms with Gasteiger partial charge in [0.1, 0.15) is 6.26 Å². The van der Waals surface area contributed by atoms with Gasteiger partial charge in [0.25, 0.3) is 11.8 Å². The van der Waals surface area contributed by atoms with E-state index in [9.17, 15) is 14.4 Å². The fourth-order valence-corrected chi connectivity index (χ4v) is 4.34. The molecule has 3 heterocycles. The Hall–Kier alpha value is -3.09. The zero-order valence-corrected chi connectivity index (χ0v) is 17.7. The van der Waals surface area contributed by atoms with Gasteiger partial charge in [-0.15, -0.1) is 0 Å². The van der Waals surface area contributed by atoms with Crippen LogP contribution >= 0.6 is 0 Å². The van der Waals surface area contributed by atoms with Gasteiger partial charge in [0, 0.05) is 44.2 Å². The number of rotatable bonds is 5. The predicted molar refractivity (Wildman–Crippen MR) is 115 cm³/mol. The first-order chi connectivity index (χ1) is 15.1. The highest BCUT2D eigenvalue weighted by Crippen LogP contribution is 2.20. The van der Waals surface area contributed by atoms with Crippen molar-refractivity contribution < 1.29 is 18.8 Å². The standard InChI is InChI=1S/C24H29N3O4/c28-22(19-7-12-27(13-8-19)24(30)21-9-14-31-17-21)25-16-18-5-4-6-20(15-18)23(29)26-10-2-1-3-11-26/h4-6,9,14-15,17,19H,1-3,7-8,10-13,16H2,(H,25,28). The molecule has 0 spiro atoms. The third-order valence-electron chi connectivity index (χ3n) is 6.21. The van der Waals surface area contributed by atoms with Crippen molar-refractivity contribution in [2.24, 2.45) is 5.92 Å². The highest BCUT2D eigenvalue weighted by molar-refractivity contribution is 5.95. The maximum atomic E-state index is 12.7. The summed E-state index contributed by atoms with van der Waals surface area (Å²) in [7, 11) is 0. The number of carbonyl (C=O) groups is 3. The Kier molecular flexibility index (Phi) is 6.70. The molecule has 0 saturated carbocycles. The number of benzene rings is 1. The number of nitrogens with one attached hydrogen (secondary N) is 1. The fraction of sp³-hybridized carbons (Fsp3) is 0.458. The van der Waals surface area contributed by atoms with Crippen LogP contribution in [0.15, 0.2) is 47.3 Å². The second kappa shape index (κ2) is 9.81. The summed E-state index contributed by atoms with van der Waals surface area (Å²) in [6.07, 6.45) is 7.54. The summed E-state index contributed by atoms with van der Waals surface area (Å²) in [4.78, 5) is 41.4. The van der Waals surface area contributed by atoms with Crippen LogP contribution in [0.1, 0.15) is 58.4 Å². The van der Waals surface area contributed by atoms with Crippen molar-refractivity contribution in [2.75, 3.05) is 26.2 Å². The lowest BCUT2D eigenvalue weighted by atomic mass is 9.95. The predicted octanol–water partition coefficient (Wildman–Crippen LogP) is 3.07. The fourth-order valence-electron chi connectivity index (χ4n) is 4.34.